The SMILES string of the molecule is CCCn1nc(C(=O)OCC(=O)NCc2ccco2)ccc1=O. The van der Waals surface area contributed by atoms with E-state index in [0.717, 1.165) is 0 Å². The summed E-state index contributed by atoms with van der Waals surface area (Å²) in [7, 11) is 0. The van der Waals surface area contributed by atoms with Gasteiger partial charge >= 0.3 is 5.97 Å². The number of esters is 1. The van der Waals surface area contributed by atoms with Crippen molar-refractivity contribution in [1.82, 2.24) is 15.1 Å². The van der Waals surface area contributed by atoms with Crippen LogP contribution in [-0.2, 0) is 22.6 Å². The minimum absolute atomic E-state index is 0.0168. The summed E-state index contributed by atoms with van der Waals surface area (Å²) in [5.74, 6) is -0.627. The number of carbonyl (C=O) groups is 2. The van der Waals surface area contributed by atoms with E-state index in [0.29, 0.717) is 18.7 Å². The van der Waals surface area contributed by atoms with Gasteiger partial charge in [-0.25, -0.2) is 9.48 Å². The van der Waals surface area contributed by atoms with Crippen LogP contribution in [0.25, 0.3) is 0 Å². The van der Waals surface area contributed by atoms with Gasteiger partial charge in [0.2, 0.25) is 0 Å². The molecule has 0 aliphatic rings. The molecule has 0 unspecified atom stereocenters. The largest absolute Gasteiger partial charge is 0.467 e. The summed E-state index contributed by atoms with van der Waals surface area (Å²) in [5, 5.41) is 6.46. The van der Waals surface area contributed by atoms with E-state index in [-0.39, 0.29) is 17.8 Å². The Balaban J connectivity index is 1.85. The molecule has 2 rings (SSSR count). The van der Waals surface area contributed by atoms with Gasteiger partial charge in [0.15, 0.2) is 12.3 Å². The monoisotopic (exact) mass is 319 g/mol. The number of aryl methyl sites for hydroxylation is 1. The molecule has 0 radical (unpaired) electrons. The summed E-state index contributed by atoms with van der Waals surface area (Å²) in [4.78, 5) is 35.0. The van der Waals surface area contributed by atoms with E-state index in [1.807, 2.05) is 6.92 Å². The molecule has 2 heterocycles. The van der Waals surface area contributed by atoms with E-state index in [1.165, 1.54) is 23.1 Å². The van der Waals surface area contributed by atoms with Crippen molar-refractivity contribution in [2.24, 2.45) is 0 Å². The molecule has 0 spiro atoms. The third-order valence-corrected chi connectivity index (χ3v) is 2.89. The van der Waals surface area contributed by atoms with Gasteiger partial charge < -0.3 is 14.5 Å². The van der Waals surface area contributed by atoms with Crippen LogP contribution in [0.2, 0.25) is 0 Å². The van der Waals surface area contributed by atoms with Crippen LogP contribution >= 0.6 is 0 Å². The Morgan fingerprint density at radius 2 is 2.17 bits per heavy atom. The third-order valence-electron chi connectivity index (χ3n) is 2.89. The van der Waals surface area contributed by atoms with Gasteiger partial charge in [-0.05, 0) is 24.6 Å². The third kappa shape index (κ3) is 4.80. The molecule has 122 valence electrons. The Kier molecular flexibility index (Phi) is 5.67. The van der Waals surface area contributed by atoms with Crippen LogP contribution in [0.4, 0.5) is 0 Å². The number of nitrogens with zero attached hydrogens (tertiary/aromatic N) is 2. The molecule has 0 atom stereocenters. The molecule has 2 aromatic heterocycles. The van der Waals surface area contributed by atoms with Gasteiger partial charge in [0.1, 0.15) is 5.76 Å². The van der Waals surface area contributed by atoms with Crippen LogP contribution in [0.3, 0.4) is 0 Å². The summed E-state index contributed by atoms with van der Waals surface area (Å²) in [6.07, 6.45) is 2.21. The summed E-state index contributed by atoms with van der Waals surface area (Å²) >= 11 is 0. The topological polar surface area (TPSA) is 103 Å². The highest BCUT2D eigenvalue weighted by Crippen LogP contribution is 1.99. The average molecular weight is 319 g/mol. The molecular formula is C15H17N3O5. The fourth-order valence-corrected chi connectivity index (χ4v) is 1.78. The number of ether oxygens (including phenoxy) is 1. The number of carbonyl (C=O) groups excluding carboxylic acids is 2. The molecule has 0 aliphatic heterocycles. The van der Waals surface area contributed by atoms with E-state index in [4.69, 9.17) is 9.15 Å². The van der Waals surface area contributed by atoms with E-state index in [1.54, 1.807) is 12.1 Å². The predicted octanol–water partition coefficient (Wildman–Crippen LogP) is 0.719. The number of aromatic nitrogens is 2. The Hall–Kier alpha value is -2.90. The first-order valence-electron chi connectivity index (χ1n) is 7.14. The number of amides is 1. The fourth-order valence-electron chi connectivity index (χ4n) is 1.78. The van der Waals surface area contributed by atoms with Gasteiger partial charge in [-0.3, -0.25) is 9.59 Å². The van der Waals surface area contributed by atoms with Crippen LogP contribution in [0, 0.1) is 0 Å². The van der Waals surface area contributed by atoms with Crippen molar-refractivity contribution < 1.29 is 18.7 Å². The van der Waals surface area contributed by atoms with Crippen molar-refractivity contribution >= 4 is 11.9 Å². The lowest BCUT2D eigenvalue weighted by molar-refractivity contribution is -0.124. The van der Waals surface area contributed by atoms with Gasteiger partial charge in [-0.2, -0.15) is 5.10 Å². The highest BCUT2D eigenvalue weighted by Gasteiger charge is 2.13. The zero-order valence-corrected chi connectivity index (χ0v) is 12.7. The quantitative estimate of drug-likeness (QED) is 0.754. The molecule has 0 saturated carbocycles. The Labute approximate surface area is 132 Å². The molecule has 0 bridgehead atoms. The highest BCUT2D eigenvalue weighted by molar-refractivity contribution is 5.89. The van der Waals surface area contributed by atoms with E-state index in [2.05, 4.69) is 10.4 Å². The Morgan fingerprint density at radius 3 is 2.87 bits per heavy atom. The minimum atomic E-state index is -0.761. The lowest BCUT2D eigenvalue weighted by Crippen LogP contribution is -2.29. The van der Waals surface area contributed by atoms with Crippen LogP contribution in [-0.4, -0.2) is 28.3 Å². The average Bonchev–Trinajstić information content (AvgIpc) is 3.06. The summed E-state index contributed by atoms with van der Waals surface area (Å²) in [6, 6.07) is 5.94. The fraction of sp³-hybridized carbons (Fsp3) is 0.333. The molecule has 23 heavy (non-hydrogen) atoms. The number of furan rings is 1. The molecule has 2 aromatic rings. The molecule has 0 saturated heterocycles. The van der Waals surface area contributed by atoms with Crippen molar-refractivity contribution in [3.8, 4) is 0 Å². The molecule has 0 aliphatic carbocycles. The van der Waals surface area contributed by atoms with Gasteiger partial charge in [-0.15, -0.1) is 0 Å². The summed E-state index contributed by atoms with van der Waals surface area (Å²) < 4.78 is 11.1. The van der Waals surface area contributed by atoms with E-state index < -0.39 is 18.5 Å². The van der Waals surface area contributed by atoms with E-state index in [9.17, 15) is 14.4 Å². The van der Waals surface area contributed by atoms with Crippen molar-refractivity contribution in [2.45, 2.75) is 26.4 Å². The van der Waals surface area contributed by atoms with Crippen molar-refractivity contribution in [2.75, 3.05) is 6.61 Å². The smallest absolute Gasteiger partial charge is 0.359 e. The van der Waals surface area contributed by atoms with Crippen LogP contribution < -0.4 is 10.9 Å². The standard InChI is InChI=1S/C15H17N3O5/c1-2-7-18-14(20)6-5-12(17-18)15(21)23-10-13(19)16-9-11-4-3-8-22-11/h3-6,8H,2,7,9-10H2,1H3,(H,16,19). The first-order chi connectivity index (χ1) is 11.1. The van der Waals surface area contributed by atoms with Crippen molar-refractivity contribution in [1.29, 1.82) is 0 Å². The van der Waals surface area contributed by atoms with Crippen LogP contribution in [0.5, 0.6) is 0 Å². The Morgan fingerprint density at radius 1 is 1.35 bits per heavy atom. The molecule has 8 nitrogen and oxygen atoms in total. The summed E-state index contributed by atoms with van der Waals surface area (Å²) in [6.45, 7) is 2.07. The molecule has 1 N–H and O–H groups in total. The highest BCUT2D eigenvalue weighted by atomic mass is 16.5. The maximum Gasteiger partial charge on any atom is 0.359 e. The maximum absolute atomic E-state index is 11.9. The second kappa shape index (κ2) is 7.92. The first-order valence-corrected chi connectivity index (χ1v) is 7.14. The minimum Gasteiger partial charge on any atom is -0.467 e. The number of rotatable bonds is 7. The Bertz CT molecular complexity index is 721. The predicted molar refractivity (Wildman–Crippen MR) is 79.6 cm³/mol. The van der Waals surface area contributed by atoms with Gasteiger partial charge in [0, 0.05) is 12.6 Å². The summed E-state index contributed by atoms with van der Waals surface area (Å²) in [5.41, 5.74) is -0.309. The lowest BCUT2D eigenvalue weighted by atomic mass is 10.4. The van der Waals surface area contributed by atoms with Crippen LogP contribution in [0.15, 0.2) is 39.7 Å². The molecule has 8 heteroatoms. The second-order valence-corrected chi connectivity index (χ2v) is 4.71. The van der Waals surface area contributed by atoms with Crippen molar-refractivity contribution in [3.05, 3.63) is 52.3 Å². The number of nitrogens with one attached hydrogen (secondary N) is 1. The van der Waals surface area contributed by atoms with Gasteiger partial charge in [0.25, 0.3) is 11.5 Å². The second-order valence-electron chi connectivity index (χ2n) is 4.71. The van der Waals surface area contributed by atoms with E-state index >= 15 is 0 Å². The first kappa shape index (κ1) is 16.5. The number of hydrogen-bond donors (Lipinski definition) is 1. The molecule has 0 aromatic carbocycles. The number of hydrogen-bond acceptors (Lipinski definition) is 6. The van der Waals surface area contributed by atoms with Gasteiger partial charge in [-0.1, -0.05) is 6.92 Å². The zero-order valence-electron chi connectivity index (χ0n) is 12.7. The van der Waals surface area contributed by atoms with Crippen LogP contribution in [0.1, 0.15) is 29.6 Å². The van der Waals surface area contributed by atoms with Gasteiger partial charge in [0.05, 0.1) is 12.8 Å². The zero-order chi connectivity index (χ0) is 16.7. The maximum atomic E-state index is 11.9. The molecule has 1 amide bonds. The normalized spacial score (nSPS) is 10.3. The van der Waals surface area contributed by atoms with Crippen molar-refractivity contribution in [3.63, 3.8) is 0 Å². The lowest BCUT2D eigenvalue weighted by Gasteiger charge is -2.07. The molecule has 0 fully saturated rings. The molecular weight excluding hydrogens is 302 g/mol.